The third-order valence-electron chi connectivity index (χ3n) is 7.34. The molecule has 2 aliphatic heterocycles. The molecule has 1 saturated carbocycles. The van der Waals surface area contributed by atoms with E-state index in [-0.39, 0.29) is 5.82 Å². The zero-order valence-corrected chi connectivity index (χ0v) is 20.3. The summed E-state index contributed by atoms with van der Waals surface area (Å²) in [6.07, 6.45) is 4.44. The van der Waals surface area contributed by atoms with Crippen LogP contribution in [0.25, 0.3) is 0 Å². The van der Waals surface area contributed by atoms with E-state index in [1.807, 2.05) is 16.8 Å². The van der Waals surface area contributed by atoms with Crippen LogP contribution in [0.4, 0.5) is 16.0 Å². The number of nitrogens with one attached hydrogen (secondary N) is 1. The molecule has 8 nitrogen and oxygen atoms in total. The average Bonchev–Trinajstić information content (AvgIpc) is 3.25. The molecule has 184 valence electrons. The third-order valence-corrected chi connectivity index (χ3v) is 7.56. The molecule has 0 radical (unpaired) electrons. The van der Waals surface area contributed by atoms with Crippen molar-refractivity contribution in [3.8, 4) is 5.88 Å². The number of pyridine rings is 1. The molecular weight excluding hydrogens is 471 g/mol. The second-order valence-corrected chi connectivity index (χ2v) is 9.99. The Morgan fingerprint density at radius 2 is 2.00 bits per heavy atom. The molecule has 1 aliphatic carbocycles. The minimum absolute atomic E-state index is 0.310. The van der Waals surface area contributed by atoms with Gasteiger partial charge in [-0.1, -0.05) is 11.6 Å². The Morgan fingerprint density at radius 3 is 2.77 bits per heavy atom. The third kappa shape index (κ3) is 4.43. The van der Waals surface area contributed by atoms with Crippen LogP contribution in [0, 0.1) is 17.7 Å². The van der Waals surface area contributed by atoms with Gasteiger partial charge >= 0.3 is 0 Å². The summed E-state index contributed by atoms with van der Waals surface area (Å²) in [7, 11) is 1.64. The van der Waals surface area contributed by atoms with E-state index in [0.29, 0.717) is 59.3 Å². The maximum absolute atomic E-state index is 14.1. The van der Waals surface area contributed by atoms with Gasteiger partial charge in [-0.25, -0.2) is 14.1 Å². The van der Waals surface area contributed by atoms with Crippen LogP contribution in [0.15, 0.2) is 36.5 Å². The highest BCUT2D eigenvalue weighted by Crippen LogP contribution is 2.40. The molecule has 35 heavy (non-hydrogen) atoms. The van der Waals surface area contributed by atoms with Gasteiger partial charge in [-0.3, -0.25) is 0 Å². The van der Waals surface area contributed by atoms with Crippen molar-refractivity contribution in [1.29, 1.82) is 0 Å². The van der Waals surface area contributed by atoms with E-state index >= 15 is 0 Å². The van der Waals surface area contributed by atoms with E-state index in [1.54, 1.807) is 19.4 Å². The molecule has 2 fully saturated rings. The first-order valence-corrected chi connectivity index (χ1v) is 12.5. The summed E-state index contributed by atoms with van der Waals surface area (Å²) in [6.45, 7) is 3.18. The van der Waals surface area contributed by atoms with Crippen molar-refractivity contribution in [2.75, 3.05) is 37.0 Å². The molecule has 10 heteroatoms. The van der Waals surface area contributed by atoms with Gasteiger partial charge in [0.1, 0.15) is 11.9 Å². The van der Waals surface area contributed by atoms with Gasteiger partial charge in [-0.05, 0) is 60.9 Å². The van der Waals surface area contributed by atoms with Crippen LogP contribution in [0.2, 0.25) is 5.02 Å². The second kappa shape index (κ2) is 9.28. The number of nitrogens with zero attached hydrogens (tertiary/aromatic N) is 5. The number of anilines is 2. The van der Waals surface area contributed by atoms with Crippen molar-refractivity contribution in [3.63, 3.8) is 0 Å². The summed E-state index contributed by atoms with van der Waals surface area (Å²) >= 11 is 6.12. The molecule has 0 amide bonds. The van der Waals surface area contributed by atoms with Gasteiger partial charge in [-0.15, -0.1) is 5.10 Å². The summed E-state index contributed by atoms with van der Waals surface area (Å²) in [4.78, 5) is 11.5. The number of methoxy groups -OCH3 is 1. The number of fused-ring (bicyclic) bond motifs is 3. The molecule has 3 atom stereocenters. The Kier molecular flexibility index (Phi) is 5.98. The van der Waals surface area contributed by atoms with Crippen molar-refractivity contribution in [2.24, 2.45) is 11.8 Å². The first-order chi connectivity index (χ1) is 17.1. The molecule has 1 N–H and O–H groups in total. The lowest BCUT2D eigenvalue weighted by atomic mass is 9.92. The summed E-state index contributed by atoms with van der Waals surface area (Å²) < 4.78 is 27.3. The van der Waals surface area contributed by atoms with Gasteiger partial charge in [-0.2, -0.15) is 4.98 Å². The lowest BCUT2D eigenvalue weighted by Gasteiger charge is -2.39. The van der Waals surface area contributed by atoms with E-state index in [2.05, 4.69) is 15.2 Å². The van der Waals surface area contributed by atoms with Gasteiger partial charge < -0.3 is 19.7 Å². The zero-order valence-electron chi connectivity index (χ0n) is 19.5. The van der Waals surface area contributed by atoms with Crippen LogP contribution in [0.1, 0.15) is 36.8 Å². The Bertz CT molecular complexity index is 1190. The van der Waals surface area contributed by atoms with Gasteiger partial charge in [0, 0.05) is 55.3 Å². The van der Waals surface area contributed by atoms with Crippen LogP contribution in [-0.2, 0) is 11.3 Å². The molecule has 2 aromatic heterocycles. The summed E-state index contributed by atoms with van der Waals surface area (Å²) in [6, 6.07) is 8.84. The summed E-state index contributed by atoms with van der Waals surface area (Å²) in [5.74, 6) is 2.52. The van der Waals surface area contributed by atoms with E-state index in [1.165, 1.54) is 25.0 Å². The fourth-order valence-corrected chi connectivity index (χ4v) is 5.99. The number of aromatic nitrogens is 4. The molecule has 0 unspecified atom stereocenters. The number of aryl methyl sites for hydroxylation is 1. The molecule has 2 bridgehead atoms. The van der Waals surface area contributed by atoms with Crippen molar-refractivity contribution in [3.05, 3.63) is 58.8 Å². The Morgan fingerprint density at radius 1 is 1.17 bits per heavy atom. The van der Waals surface area contributed by atoms with Crippen molar-refractivity contribution in [1.82, 2.24) is 19.7 Å². The summed E-state index contributed by atoms with van der Waals surface area (Å²) in [5, 5.41) is 8.76. The molecule has 6 rings (SSSR count). The maximum atomic E-state index is 14.1. The predicted octanol–water partition coefficient (Wildman–Crippen LogP) is 4.31. The maximum Gasteiger partial charge on any atom is 0.242 e. The van der Waals surface area contributed by atoms with Gasteiger partial charge in [0.2, 0.25) is 11.8 Å². The van der Waals surface area contributed by atoms with Gasteiger partial charge in [0.25, 0.3) is 0 Å². The van der Waals surface area contributed by atoms with E-state index < -0.39 is 6.10 Å². The van der Waals surface area contributed by atoms with Crippen LogP contribution in [-0.4, -0.2) is 52.6 Å². The van der Waals surface area contributed by atoms with E-state index in [9.17, 15) is 4.39 Å². The number of halogens is 2. The first kappa shape index (κ1) is 22.5. The number of hydrogen-bond donors (Lipinski definition) is 1. The number of hydrogen-bond acceptors (Lipinski definition) is 7. The normalized spacial score (nSPS) is 25.7. The lowest BCUT2D eigenvalue weighted by molar-refractivity contribution is 0.0810. The molecule has 0 spiro atoms. The number of piperidine rings is 1. The van der Waals surface area contributed by atoms with Crippen molar-refractivity contribution < 1.29 is 13.9 Å². The van der Waals surface area contributed by atoms with E-state index in [0.717, 1.165) is 25.2 Å². The van der Waals surface area contributed by atoms with Crippen molar-refractivity contribution >= 4 is 23.2 Å². The Hall–Kier alpha value is -2.91. The molecule has 1 aromatic carbocycles. The second-order valence-electron chi connectivity index (χ2n) is 9.55. The SMILES string of the molecule is COc1cc(N2C[C@H]3CC[C@H](C2)C3Nc2nc3n(n2)CCCO[C@@H]3c2cc(F)cc(Cl)c2)ccn1. The minimum atomic E-state index is -0.506. The smallest absolute Gasteiger partial charge is 0.242 e. The Labute approximate surface area is 208 Å². The fourth-order valence-electron chi connectivity index (χ4n) is 5.76. The van der Waals surface area contributed by atoms with Crippen LogP contribution >= 0.6 is 11.6 Å². The number of benzene rings is 1. The quantitative estimate of drug-likeness (QED) is 0.561. The zero-order chi connectivity index (χ0) is 23.9. The lowest BCUT2D eigenvalue weighted by Crippen LogP contribution is -2.48. The first-order valence-electron chi connectivity index (χ1n) is 12.1. The standard InChI is InChI=1S/C25H28ClFN6O2/c1-34-21-12-20(5-6-28-21)32-13-15-3-4-16(14-32)22(15)29-25-30-24-23(35-8-2-7-33(24)31-25)17-9-18(26)11-19(27)10-17/h5-6,9-12,15-16,22-23H,2-4,7-8,13-14H2,1H3,(H,29,31)/t15-,16-,23-/m1/s1. The molecule has 3 aromatic rings. The molecular formula is C25H28ClFN6O2. The minimum Gasteiger partial charge on any atom is -0.481 e. The van der Waals surface area contributed by atoms with Gasteiger partial charge in [0.05, 0.1) is 7.11 Å². The largest absolute Gasteiger partial charge is 0.481 e. The van der Waals surface area contributed by atoms with Crippen LogP contribution in [0.3, 0.4) is 0 Å². The topological polar surface area (TPSA) is 77.3 Å². The molecule has 1 saturated heterocycles. The van der Waals surface area contributed by atoms with Gasteiger partial charge in [0.15, 0.2) is 5.82 Å². The Balaban J connectivity index is 1.21. The summed E-state index contributed by atoms with van der Waals surface area (Å²) in [5.41, 5.74) is 1.80. The highest BCUT2D eigenvalue weighted by atomic mass is 35.5. The fraction of sp³-hybridized carbons (Fsp3) is 0.480. The average molecular weight is 499 g/mol. The molecule has 4 heterocycles. The van der Waals surface area contributed by atoms with Crippen molar-refractivity contribution in [2.45, 2.75) is 38.0 Å². The monoisotopic (exact) mass is 498 g/mol. The highest BCUT2D eigenvalue weighted by Gasteiger charge is 2.43. The van der Waals surface area contributed by atoms with E-state index in [4.69, 9.17) is 31.2 Å². The number of ether oxygens (including phenoxy) is 2. The van der Waals surface area contributed by atoms with Crippen LogP contribution in [0.5, 0.6) is 5.88 Å². The predicted molar refractivity (Wildman–Crippen MR) is 130 cm³/mol. The number of rotatable bonds is 5. The highest BCUT2D eigenvalue weighted by molar-refractivity contribution is 6.30. The van der Waals surface area contributed by atoms with Crippen LogP contribution < -0.4 is 15.0 Å². The molecule has 3 aliphatic rings.